The number of carbonyl (C=O) groups excluding carboxylic acids is 1. The van der Waals surface area contributed by atoms with E-state index in [0.29, 0.717) is 11.1 Å². The Morgan fingerprint density at radius 3 is 2.67 bits per heavy atom. The standard InChI is InChI=1S/C20H20N2O5/c1-14-7-6-10-16(11-14)17(12-22(24)25)20(19(23)26-2)13-27-18(21-20)15-8-4-3-5-9-15/h3-11,17H,12-13H2,1-2H3/t17-,20-/m0/s1. The van der Waals surface area contributed by atoms with Gasteiger partial charge in [0.15, 0.2) is 0 Å². The van der Waals surface area contributed by atoms with Gasteiger partial charge in [-0.15, -0.1) is 0 Å². The van der Waals surface area contributed by atoms with Gasteiger partial charge < -0.3 is 9.47 Å². The molecular formula is C20H20N2O5. The number of esters is 1. The zero-order chi connectivity index (χ0) is 19.4. The largest absolute Gasteiger partial charge is 0.474 e. The van der Waals surface area contributed by atoms with Crippen LogP contribution in [-0.2, 0) is 14.3 Å². The van der Waals surface area contributed by atoms with Crippen molar-refractivity contribution in [2.75, 3.05) is 20.3 Å². The number of hydrogen-bond donors (Lipinski definition) is 0. The molecule has 1 aliphatic rings. The van der Waals surface area contributed by atoms with Crippen LogP contribution in [0.25, 0.3) is 0 Å². The number of hydrogen-bond acceptors (Lipinski definition) is 6. The number of ether oxygens (including phenoxy) is 2. The van der Waals surface area contributed by atoms with Gasteiger partial charge in [-0.05, 0) is 24.6 Å². The molecule has 1 aliphatic heterocycles. The van der Waals surface area contributed by atoms with Crippen LogP contribution in [0.3, 0.4) is 0 Å². The first kappa shape index (κ1) is 18.6. The average Bonchev–Trinajstić information content (AvgIpc) is 3.12. The molecule has 0 radical (unpaired) electrons. The topological polar surface area (TPSA) is 91.0 Å². The van der Waals surface area contributed by atoms with Crippen LogP contribution in [0.1, 0.15) is 22.6 Å². The normalized spacial score (nSPS) is 19.7. The number of benzene rings is 2. The van der Waals surface area contributed by atoms with Gasteiger partial charge in [0.25, 0.3) is 0 Å². The van der Waals surface area contributed by atoms with Gasteiger partial charge in [-0.2, -0.15) is 0 Å². The highest BCUT2D eigenvalue weighted by Gasteiger charge is 2.54. The lowest BCUT2D eigenvalue weighted by Gasteiger charge is -2.28. The van der Waals surface area contributed by atoms with E-state index < -0.39 is 28.9 Å². The van der Waals surface area contributed by atoms with Crippen LogP contribution in [0.15, 0.2) is 59.6 Å². The first-order valence-electron chi connectivity index (χ1n) is 8.51. The van der Waals surface area contributed by atoms with Crippen LogP contribution < -0.4 is 0 Å². The third-order valence-electron chi connectivity index (χ3n) is 4.64. The molecule has 0 saturated carbocycles. The molecule has 0 bridgehead atoms. The van der Waals surface area contributed by atoms with Gasteiger partial charge in [0, 0.05) is 10.5 Å². The van der Waals surface area contributed by atoms with Gasteiger partial charge in [0.2, 0.25) is 18.0 Å². The Balaban J connectivity index is 2.13. The number of carbonyl (C=O) groups is 1. The van der Waals surface area contributed by atoms with E-state index in [1.54, 1.807) is 24.3 Å². The number of rotatable bonds is 6. The molecule has 0 saturated heterocycles. The summed E-state index contributed by atoms with van der Waals surface area (Å²) in [5.74, 6) is -1.19. The van der Waals surface area contributed by atoms with Crippen molar-refractivity contribution in [3.05, 3.63) is 81.4 Å². The molecule has 0 aliphatic carbocycles. The van der Waals surface area contributed by atoms with Crippen LogP contribution in [0, 0.1) is 17.0 Å². The molecule has 2 aromatic carbocycles. The molecule has 0 unspecified atom stereocenters. The Hall–Kier alpha value is -3.22. The van der Waals surface area contributed by atoms with E-state index in [0.717, 1.165) is 5.56 Å². The fraction of sp³-hybridized carbons (Fsp3) is 0.300. The molecule has 27 heavy (non-hydrogen) atoms. The first-order chi connectivity index (χ1) is 13.0. The summed E-state index contributed by atoms with van der Waals surface area (Å²) in [4.78, 5) is 28.3. The molecule has 1 heterocycles. The Labute approximate surface area is 156 Å². The van der Waals surface area contributed by atoms with Crippen molar-refractivity contribution in [2.45, 2.75) is 18.4 Å². The second-order valence-corrected chi connectivity index (χ2v) is 6.47. The van der Waals surface area contributed by atoms with E-state index in [4.69, 9.17) is 9.47 Å². The van der Waals surface area contributed by atoms with Gasteiger partial charge in [-0.1, -0.05) is 48.0 Å². The molecule has 3 rings (SSSR count). The summed E-state index contributed by atoms with van der Waals surface area (Å²) in [6.45, 7) is 1.31. The van der Waals surface area contributed by atoms with E-state index in [1.165, 1.54) is 7.11 Å². The maximum atomic E-state index is 12.8. The predicted octanol–water partition coefficient (Wildman–Crippen LogP) is 2.74. The minimum atomic E-state index is -1.51. The number of aryl methyl sites for hydroxylation is 1. The predicted molar refractivity (Wildman–Crippen MR) is 99.5 cm³/mol. The van der Waals surface area contributed by atoms with Crippen LogP contribution in [0.4, 0.5) is 0 Å². The molecule has 0 N–H and O–H groups in total. The van der Waals surface area contributed by atoms with Crippen molar-refractivity contribution in [1.29, 1.82) is 0 Å². The Morgan fingerprint density at radius 1 is 1.30 bits per heavy atom. The monoisotopic (exact) mass is 368 g/mol. The second kappa shape index (κ2) is 7.57. The molecule has 2 atom stereocenters. The highest BCUT2D eigenvalue weighted by atomic mass is 16.6. The quantitative estimate of drug-likeness (QED) is 0.444. The summed E-state index contributed by atoms with van der Waals surface area (Å²) in [6.07, 6.45) is 0. The SMILES string of the molecule is COC(=O)[C@@]1([C@@H](C[N+](=O)[O-])c2cccc(C)c2)COC(c2ccccc2)=N1. The number of nitro groups is 1. The summed E-state index contributed by atoms with van der Waals surface area (Å²) in [5.41, 5.74) is 0.777. The fourth-order valence-electron chi connectivity index (χ4n) is 3.32. The summed E-state index contributed by atoms with van der Waals surface area (Å²) in [5, 5.41) is 11.4. The lowest BCUT2D eigenvalue weighted by atomic mass is 9.79. The van der Waals surface area contributed by atoms with Crippen LogP contribution in [-0.4, -0.2) is 42.6 Å². The van der Waals surface area contributed by atoms with Gasteiger partial charge in [-0.25, -0.2) is 9.79 Å². The number of methoxy groups -OCH3 is 1. The van der Waals surface area contributed by atoms with Crippen molar-refractivity contribution in [1.82, 2.24) is 0 Å². The van der Waals surface area contributed by atoms with Crippen molar-refractivity contribution in [2.24, 2.45) is 4.99 Å². The summed E-state index contributed by atoms with van der Waals surface area (Å²) >= 11 is 0. The van der Waals surface area contributed by atoms with E-state index in [9.17, 15) is 14.9 Å². The lowest BCUT2D eigenvalue weighted by Crippen LogP contribution is -2.47. The maximum Gasteiger partial charge on any atom is 0.338 e. The summed E-state index contributed by atoms with van der Waals surface area (Å²) in [7, 11) is 1.25. The van der Waals surface area contributed by atoms with Gasteiger partial charge in [-0.3, -0.25) is 10.1 Å². The zero-order valence-corrected chi connectivity index (χ0v) is 15.1. The Kier molecular flexibility index (Phi) is 5.21. The van der Waals surface area contributed by atoms with Crippen LogP contribution in [0.5, 0.6) is 0 Å². The zero-order valence-electron chi connectivity index (χ0n) is 15.1. The van der Waals surface area contributed by atoms with Gasteiger partial charge >= 0.3 is 5.97 Å². The van der Waals surface area contributed by atoms with Crippen molar-refractivity contribution in [3.8, 4) is 0 Å². The molecule has 140 valence electrons. The van der Waals surface area contributed by atoms with E-state index in [1.807, 2.05) is 37.3 Å². The van der Waals surface area contributed by atoms with Crippen LogP contribution >= 0.6 is 0 Å². The van der Waals surface area contributed by atoms with Gasteiger partial charge in [0.05, 0.1) is 13.0 Å². The van der Waals surface area contributed by atoms with Crippen molar-refractivity contribution < 1.29 is 19.2 Å². The molecule has 0 aromatic heterocycles. The number of aliphatic imine (C=N–C) groups is 1. The molecular weight excluding hydrogens is 348 g/mol. The molecule has 0 amide bonds. The number of nitrogens with zero attached hydrogens (tertiary/aromatic N) is 2. The first-order valence-corrected chi connectivity index (χ1v) is 8.51. The average molecular weight is 368 g/mol. The summed E-state index contributed by atoms with van der Waals surface area (Å²) in [6, 6.07) is 16.4. The molecule has 0 fully saturated rings. The minimum Gasteiger partial charge on any atom is -0.474 e. The van der Waals surface area contributed by atoms with Crippen molar-refractivity contribution >= 4 is 11.9 Å². The Morgan fingerprint density at radius 2 is 2.04 bits per heavy atom. The Bertz CT molecular complexity index is 881. The fourth-order valence-corrected chi connectivity index (χ4v) is 3.32. The van der Waals surface area contributed by atoms with E-state index in [2.05, 4.69) is 4.99 Å². The maximum absolute atomic E-state index is 12.8. The second-order valence-electron chi connectivity index (χ2n) is 6.47. The molecule has 7 nitrogen and oxygen atoms in total. The highest BCUT2D eigenvalue weighted by Crippen LogP contribution is 2.38. The van der Waals surface area contributed by atoms with E-state index in [-0.39, 0.29) is 12.5 Å². The highest BCUT2D eigenvalue weighted by molar-refractivity contribution is 5.99. The van der Waals surface area contributed by atoms with Gasteiger partial charge in [0.1, 0.15) is 6.61 Å². The summed E-state index contributed by atoms with van der Waals surface area (Å²) < 4.78 is 10.7. The third-order valence-corrected chi connectivity index (χ3v) is 4.64. The molecule has 7 heteroatoms. The minimum absolute atomic E-state index is 0.115. The smallest absolute Gasteiger partial charge is 0.338 e. The van der Waals surface area contributed by atoms with Crippen molar-refractivity contribution in [3.63, 3.8) is 0 Å². The van der Waals surface area contributed by atoms with E-state index >= 15 is 0 Å². The third kappa shape index (κ3) is 3.67. The lowest BCUT2D eigenvalue weighted by molar-refractivity contribution is -0.484. The molecule has 0 spiro atoms. The van der Waals surface area contributed by atoms with Crippen LogP contribution in [0.2, 0.25) is 0 Å². The molecule has 2 aromatic rings.